The largest absolute Gasteiger partial charge is 0.401 e. The molecule has 0 aromatic rings. The van der Waals surface area contributed by atoms with Gasteiger partial charge in [0.05, 0.1) is 11.5 Å². The lowest BCUT2D eigenvalue weighted by atomic mass is 10.3. The Bertz CT molecular complexity index is 445. The van der Waals surface area contributed by atoms with E-state index < -0.39 is 28.0 Å². The summed E-state index contributed by atoms with van der Waals surface area (Å²) >= 11 is 4.74. The van der Waals surface area contributed by atoms with Gasteiger partial charge in [-0.05, 0) is 6.42 Å². The molecule has 118 valence electrons. The Morgan fingerprint density at radius 2 is 1.80 bits per heavy atom. The molecule has 1 unspecified atom stereocenters. The standard InChI is InChI=1S/C10H18F3N3O2S2/c1-2-8(9(14)19)20(17,18)16-5-3-15(4-6-16)7-10(11,12)13/h8H,2-7H2,1H3,(H2,14,19). The van der Waals surface area contributed by atoms with E-state index in [0.29, 0.717) is 0 Å². The lowest BCUT2D eigenvalue weighted by Gasteiger charge is -2.35. The Morgan fingerprint density at radius 3 is 2.15 bits per heavy atom. The summed E-state index contributed by atoms with van der Waals surface area (Å²) in [5, 5.41) is -0.952. The van der Waals surface area contributed by atoms with Gasteiger partial charge in [0.1, 0.15) is 5.25 Å². The van der Waals surface area contributed by atoms with Gasteiger partial charge in [0.25, 0.3) is 0 Å². The minimum atomic E-state index is -4.27. The first-order chi connectivity index (χ1) is 9.08. The highest BCUT2D eigenvalue weighted by Crippen LogP contribution is 2.20. The highest BCUT2D eigenvalue weighted by molar-refractivity contribution is 7.92. The SMILES string of the molecule is CCC(C(N)=S)S(=O)(=O)N1CCN(CC(F)(F)F)CC1. The van der Waals surface area contributed by atoms with Gasteiger partial charge in [-0.25, -0.2) is 8.42 Å². The predicted molar refractivity (Wildman–Crippen MR) is 73.9 cm³/mol. The normalized spacial score (nSPS) is 20.8. The summed E-state index contributed by atoms with van der Waals surface area (Å²) in [6.07, 6.45) is -4.02. The molecule has 2 N–H and O–H groups in total. The molecule has 1 aliphatic rings. The van der Waals surface area contributed by atoms with Crippen molar-refractivity contribution in [3.8, 4) is 0 Å². The van der Waals surface area contributed by atoms with Gasteiger partial charge in [-0.3, -0.25) is 4.90 Å². The second kappa shape index (κ2) is 6.54. The van der Waals surface area contributed by atoms with E-state index in [2.05, 4.69) is 0 Å². The van der Waals surface area contributed by atoms with Gasteiger partial charge in [0.2, 0.25) is 10.0 Å². The zero-order chi connectivity index (χ0) is 15.6. The van der Waals surface area contributed by atoms with Gasteiger partial charge >= 0.3 is 6.18 Å². The van der Waals surface area contributed by atoms with Crippen LogP contribution in [0.2, 0.25) is 0 Å². The Kier molecular flexibility index (Phi) is 5.76. The maximum Gasteiger partial charge on any atom is 0.401 e. The van der Waals surface area contributed by atoms with Crippen LogP contribution in [-0.2, 0) is 10.0 Å². The van der Waals surface area contributed by atoms with E-state index in [0.717, 1.165) is 0 Å². The van der Waals surface area contributed by atoms with Crippen LogP contribution in [0.4, 0.5) is 13.2 Å². The van der Waals surface area contributed by atoms with E-state index in [1.165, 1.54) is 9.21 Å². The van der Waals surface area contributed by atoms with Crippen LogP contribution in [0, 0.1) is 0 Å². The summed E-state index contributed by atoms with van der Waals surface area (Å²) in [6, 6.07) is 0. The van der Waals surface area contributed by atoms with Crippen LogP contribution in [0.15, 0.2) is 0 Å². The molecular weight excluding hydrogens is 315 g/mol. The smallest absolute Gasteiger partial charge is 0.392 e. The first-order valence-electron chi connectivity index (χ1n) is 6.15. The molecule has 0 aromatic heterocycles. The number of thiocarbonyl (C=S) groups is 1. The molecule has 0 spiro atoms. The number of nitrogens with two attached hydrogens (primary N) is 1. The Labute approximate surface area is 121 Å². The van der Waals surface area contributed by atoms with E-state index in [4.69, 9.17) is 18.0 Å². The fraction of sp³-hybridized carbons (Fsp3) is 0.900. The molecule has 0 bridgehead atoms. The number of hydrogen-bond acceptors (Lipinski definition) is 4. The molecule has 1 heterocycles. The molecule has 1 fully saturated rings. The fourth-order valence-electron chi connectivity index (χ4n) is 2.13. The lowest BCUT2D eigenvalue weighted by molar-refractivity contribution is -0.148. The first-order valence-corrected chi connectivity index (χ1v) is 8.06. The Morgan fingerprint density at radius 1 is 1.30 bits per heavy atom. The maximum atomic E-state index is 12.3. The summed E-state index contributed by atoms with van der Waals surface area (Å²) < 4.78 is 62.5. The van der Waals surface area contributed by atoms with Crippen molar-refractivity contribution in [3.05, 3.63) is 0 Å². The fourth-order valence-corrected chi connectivity index (χ4v) is 4.41. The summed E-state index contributed by atoms with van der Waals surface area (Å²) in [7, 11) is -3.68. The molecule has 5 nitrogen and oxygen atoms in total. The van der Waals surface area contributed by atoms with Crippen LogP contribution in [0.3, 0.4) is 0 Å². The molecule has 0 radical (unpaired) electrons. The van der Waals surface area contributed by atoms with Gasteiger partial charge in [0.15, 0.2) is 0 Å². The monoisotopic (exact) mass is 333 g/mol. The molecule has 10 heteroatoms. The van der Waals surface area contributed by atoms with Gasteiger partial charge in [0, 0.05) is 26.2 Å². The molecule has 0 aromatic carbocycles. The van der Waals surface area contributed by atoms with Crippen molar-refractivity contribution in [2.24, 2.45) is 5.73 Å². The molecule has 0 amide bonds. The van der Waals surface area contributed by atoms with Crippen molar-refractivity contribution in [2.75, 3.05) is 32.7 Å². The van der Waals surface area contributed by atoms with Crippen molar-refractivity contribution in [3.63, 3.8) is 0 Å². The lowest BCUT2D eigenvalue weighted by Crippen LogP contribution is -2.54. The third-order valence-corrected chi connectivity index (χ3v) is 5.97. The van der Waals surface area contributed by atoms with Crippen molar-refractivity contribution in [2.45, 2.75) is 24.8 Å². The van der Waals surface area contributed by atoms with E-state index in [1.54, 1.807) is 6.92 Å². The summed E-state index contributed by atoms with van der Waals surface area (Å²) in [4.78, 5) is 1.08. The molecule has 1 atom stereocenters. The molecule has 1 rings (SSSR count). The van der Waals surface area contributed by atoms with Crippen molar-refractivity contribution in [1.82, 2.24) is 9.21 Å². The first kappa shape index (κ1) is 17.6. The molecular formula is C10H18F3N3O2S2. The van der Waals surface area contributed by atoms with Crippen LogP contribution in [-0.4, -0.2) is 66.8 Å². The van der Waals surface area contributed by atoms with E-state index >= 15 is 0 Å². The highest BCUT2D eigenvalue weighted by Gasteiger charge is 2.37. The third-order valence-electron chi connectivity index (χ3n) is 3.14. The van der Waals surface area contributed by atoms with Crippen LogP contribution in [0.1, 0.15) is 13.3 Å². The van der Waals surface area contributed by atoms with Gasteiger partial charge < -0.3 is 5.73 Å². The van der Waals surface area contributed by atoms with Crippen LogP contribution in [0.25, 0.3) is 0 Å². The summed E-state index contributed by atoms with van der Waals surface area (Å²) in [5.74, 6) is 0. The minimum absolute atomic E-state index is 0.0253. The molecule has 1 saturated heterocycles. The highest BCUT2D eigenvalue weighted by atomic mass is 32.2. The van der Waals surface area contributed by atoms with Gasteiger partial charge in [-0.1, -0.05) is 19.1 Å². The Balaban J connectivity index is 2.67. The number of rotatable bonds is 5. The zero-order valence-corrected chi connectivity index (χ0v) is 12.7. The second-order valence-electron chi connectivity index (χ2n) is 4.63. The van der Waals surface area contributed by atoms with Crippen molar-refractivity contribution >= 4 is 27.2 Å². The van der Waals surface area contributed by atoms with E-state index in [1.807, 2.05) is 0 Å². The molecule has 0 aliphatic carbocycles. The van der Waals surface area contributed by atoms with Gasteiger partial charge in [-0.2, -0.15) is 17.5 Å². The van der Waals surface area contributed by atoms with Gasteiger partial charge in [-0.15, -0.1) is 0 Å². The third kappa shape index (κ3) is 4.54. The van der Waals surface area contributed by atoms with E-state index in [-0.39, 0.29) is 37.6 Å². The average molecular weight is 333 g/mol. The predicted octanol–water partition coefficient (Wildman–Crippen LogP) is 0.561. The number of sulfonamides is 1. The van der Waals surface area contributed by atoms with E-state index in [9.17, 15) is 21.6 Å². The second-order valence-corrected chi connectivity index (χ2v) is 7.22. The van der Waals surface area contributed by atoms with Crippen LogP contribution >= 0.6 is 12.2 Å². The van der Waals surface area contributed by atoms with Crippen molar-refractivity contribution in [1.29, 1.82) is 0 Å². The van der Waals surface area contributed by atoms with Crippen LogP contribution in [0.5, 0.6) is 0 Å². The molecule has 20 heavy (non-hydrogen) atoms. The minimum Gasteiger partial charge on any atom is -0.392 e. The average Bonchev–Trinajstić information content (AvgIpc) is 2.27. The zero-order valence-electron chi connectivity index (χ0n) is 11.1. The topological polar surface area (TPSA) is 66.6 Å². The number of halogens is 3. The summed E-state index contributed by atoms with van der Waals surface area (Å²) in [6.45, 7) is 0.780. The van der Waals surface area contributed by atoms with Crippen molar-refractivity contribution < 1.29 is 21.6 Å². The molecule has 0 saturated carbocycles. The summed E-state index contributed by atoms with van der Waals surface area (Å²) in [5.41, 5.74) is 5.42. The number of piperazine rings is 1. The van der Waals surface area contributed by atoms with Crippen LogP contribution < -0.4 is 5.73 Å². The maximum absolute atomic E-state index is 12.3. The molecule has 1 aliphatic heterocycles. The Hall–Kier alpha value is -0.450. The number of hydrogen-bond donors (Lipinski definition) is 1. The quantitative estimate of drug-likeness (QED) is 0.745. The number of nitrogens with zero attached hydrogens (tertiary/aromatic N) is 2. The number of alkyl halides is 3.